The van der Waals surface area contributed by atoms with Crippen molar-refractivity contribution in [2.75, 3.05) is 34.8 Å². The number of halogens is 1. The first-order valence-electron chi connectivity index (χ1n) is 9.04. The van der Waals surface area contributed by atoms with Crippen molar-refractivity contribution in [1.29, 1.82) is 0 Å². The average molecular weight is 464 g/mol. The monoisotopic (exact) mass is 463 g/mol. The summed E-state index contributed by atoms with van der Waals surface area (Å²) in [6.45, 7) is 1.59. The molecule has 1 unspecified atom stereocenters. The van der Waals surface area contributed by atoms with Gasteiger partial charge in [0, 0.05) is 41.7 Å². The van der Waals surface area contributed by atoms with E-state index in [1.807, 2.05) is 24.3 Å². The molecule has 1 atom stereocenters. The highest BCUT2D eigenvalue weighted by atomic mass is 79.9. The Morgan fingerprint density at radius 2 is 1.96 bits per heavy atom. The van der Waals surface area contributed by atoms with E-state index in [1.165, 1.54) is 11.8 Å². The maximum absolute atomic E-state index is 12.2. The lowest BCUT2D eigenvalue weighted by Gasteiger charge is -2.33. The molecule has 1 aliphatic heterocycles. The molecule has 1 aliphatic rings. The van der Waals surface area contributed by atoms with Gasteiger partial charge in [0.05, 0.1) is 11.5 Å². The van der Waals surface area contributed by atoms with Crippen LogP contribution in [0.25, 0.3) is 0 Å². The number of amides is 2. The number of rotatable bonds is 7. The molecule has 1 saturated heterocycles. The third-order valence-corrected chi connectivity index (χ3v) is 5.62. The van der Waals surface area contributed by atoms with Crippen LogP contribution in [0.5, 0.6) is 0 Å². The van der Waals surface area contributed by atoms with Crippen LogP contribution in [0.15, 0.2) is 47.2 Å². The number of hydrogen-bond donors (Lipinski definition) is 2. The first-order valence-corrected chi connectivity index (χ1v) is 11.0. The molecule has 9 heteroatoms. The van der Waals surface area contributed by atoms with Crippen molar-refractivity contribution < 1.29 is 9.59 Å². The zero-order valence-electron chi connectivity index (χ0n) is 15.3. The van der Waals surface area contributed by atoms with E-state index in [0.717, 1.165) is 29.5 Å². The van der Waals surface area contributed by atoms with E-state index in [4.69, 9.17) is 0 Å². The zero-order chi connectivity index (χ0) is 19.8. The minimum Gasteiger partial charge on any atom is -0.351 e. The van der Waals surface area contributed by atoms with Gasteiger partial charge in [0.25, 0.3) is 0 Å². The van der Waals surface area contributed by atoms with Crippen LogP contribution in [0.2, 0.25) is 0 Å². The van der Waals surface area contributed by atoms with Crippen molar-refractivity contribution in [2.24, 2.45) is 0 Å². The quantitative estimate of drug-likeness (QED) is 0.656. The van der Waals surface area contributed by atoms with E-state index >= 15 is 0 Å². The number of nitrogens with zero attached hydrogens (tertiary/aromatic N) is 3. The van der Waals surface area contributed by atoms with Gasteiger partial charge in [-0.05, 0) is 37.1 Å². The van der Waals surface area contributed by atoms with Gasteiger partial charge in [0.2, 0.25) is 17.8 Å². The fourth-order valence-electron chi connectivity index (χ4n) is 3.00. The highest BCUT2D eigenvalue weighted by Gasteiger charge is 2.22. The van der Waals surface area contributed by atoms with Crippen LogP contribution in [0.1, 0.15) is 12.8 Å². The normalized spacial score (nSPS) is 16.5. The first kappa shape index (κ1) is 20.6. The summed E-state index contributed by atoms with van der Waals surface area (Å²) in [4.78, 5) is 34.9. The van der Waals surface area contributed by atoms with E-state index in [1.54, 1.807) is 18.5 Å². The maximum atomic E-state index is 12.2. The van der Waals surface area contributed by atoms with Gasteiger partial charge in [0.1, 0.15) is 0 Å². The van der Waals surface area contributed by atoms with Crippen LogP contribution in [0.4, 0.5) is 11.6 Å². The molecule has 28 heavy (non-hydrogen) atoms. The molecule has 3 rings (SSSR count). The Morgan fingerprint density at radius 3 is 2.75 bits per heavy atom. The molecule has 1 aromatic heterocycles. The van der Waals surface area contributed by atoms with Gasteiger partial charge in [-0.2, -0.15) is 0 Å². The summed E-state index contributed by atoms with van der Waals surface area (Å²) in [5.74, 6) is 1.00. The van der Waals surface area contributed by atoms with Crippen molar-refractivity contribution in [3.8, 4) is 0 Å². The molecule has 0 bridgehead atoms. The van der Waals surface area contributed by atoms with Crippen LogP contribution < -0.4 is 15.5 Å². The Labute approximate surface area is 176 Å². The zero-order valence-corrected chi connectivity index (χ0v) is 17.7. The highest BCUT2D eigenvalue weighted by Crippen LogP contribution is 2.17. The lowest BCUT2D eigenvalue weighted by atomic mass is 10.1. The molecule has 0 aliphatic carbocycles. The molecule has 0 saturated carbocycles. The van der Waals surface area contributed by atoms with Gasteiger partial charge >= 0.3 is 0 Å². The van der Waals surface area contributed by atoms with Gasteiger partial charge in [-0.1, -0.05) is 22.0 Å². The lowest BCUT2D eigenvalue weighted by molar-refractivity contribution is -0.119. The first-order chi connectivity index (χ1) is 13.6. The summed E-state index contributed by atoms with van der Waals surface area (Å²) in [7, 11) is 0. The number of carbonyl (C=O) groups excluding carboxylic acids is 2. The minimum absolute atomic E-state index is 0.0546. The van der Waals surface area contributed by atoms with Crippen LogP contribution >= 0.6 is 27.7 Å². The molecular weight excluding hydrogens is 442 g/mol. The van der Waals surface area contributed by atoms with Gasteiger partial charge < -0.3 is 15.5 Å². The van der Waals surface area contributed by atoms with Crippen molar-refractivity contribution in [3.63, 3.8) is 0 Å². The van der Waals surface area contributed by atoms with Crippen molar-refractivity contribution in [1.82, 2.24) is 15.3 Å². The smallest absolute Gasteiger partial charge is 0.234 e. The molecule has 2 heterocycles. The number of benzene rings is 1. The third kappa shape index (κ3) is 6.49. The summed E-state index contributed by atoms with van der Waals surface area (Å²) >= 11 is 4.67. The number of thioether (sulfide) groups is 1. The molecule has 1 aromatic carbocycles. The van der Waals surface area contributed by atoms with Gasteiger partial charge in [-0.25, -0.2) is 9.97 Å². The Kier molecular flexibility index (Phi) is 7.67. The van der Waals surface area contributed by atoms with E-state index in [2.05, 4.69) is 41.4 Å². The van der Waals surface area contributed by atoms with Gasteiger partial charge in [-0.3, -0.25) is 9.59 Å². The van der Waals surface area contributed by atoms with Crippen molar-refractivity contribution >= 4 is 51.1 Å². The molecular formula is C19H22BrN5O2S. The molecule has 0 radical (unpaired) electrons. The molecule has 1 fully saturated rings. The number of aromatic nitrogens is 2. The highest BCUT2D eigenvalue weighted by molar-refractivity contribution is 9.10. The molecule has 2 amide bonds. The van der Waals surface area contributed by atoms with Crippen LogP contribution in [-0.2, 0) is 9.59 Å². The fraction of sp³-hybridized carbons (Fsp3) is 0.368. The standard InChI is InChI=1S/C19H22BrN5O2S/c20-14-4-1-5-15(10-14)23-17(26)12-28-13-18(27)24-16-6-2-9-25(11-16)19-21-7-3-8-22-19/h1,3-5,7-8,10,16H,2,6,9,11-13H2,(H,23,26)(H,24,27). The predicted octanol–water partition coefficient (Wildman–Crippen LogP) is 2.70. The number of hydrogen-bond acceptors (Lipinski definition) is 6. The Morgan fingerprint density at radius 1 is 1.18 bits per heavy atom. The lowest BCUT2D eigenvalue weighted by Crippen LogP contribution is -2.48. The van der Waals surface area contributed by atoms with Gasteiger partial charge in [0.15, 0.2) is 0 Å². The van der Waals surface area contributed by atoms with Crippen LogP contribution in [0.3, 0.4) is 0 Å². The third-order valence-electron chi connectivity index (χ3n) is 4.20. The van der Waals surface area contributed by atoms with Crippen LogP contribution in [-0.4, -0.2) is 52.4 Å². The van der Waals surface area contributed by atoms with E-state index in [-0.39, 0.29) is 29.4 Å². The summed E-state index contributed by atoms with van der Waals surface area (Å²) in [5.41, 5.74) is 0.731. The fourth-order valence-corrected chi connectivity index (χ4v) is 4.03. The van der Waals surface area contributed by atoms with Crippen molar-refractivity contribution in [3.05, 3.63) is 47.2 Å². The molecule has 7 nitrogen and oxygen atoms in total. The summed E-state index contributed by atoms with van der Waals surface area (Å²) in [6, 6.07) is 9.27. The Hall–Kier alpha value is -2.13. The maximum Gasteiger partial charge on any atom is 0.234 e. The predicted molar refractivity (Wildman–Crippen MR) is 116 cm³/mol. The minimum atomic E-state index is -0.124. The second-order valence-electron chi connectivity index (χ2n) is 6.45. The second-order valence-corrected chi connectivity index (χ2v) is 8.35. The number of piperidine rings is 1. The van der Waals surface area contributed by atoms with Crippen LogP contribution in [0, 0.1) is 0 Å². The summed E-state index contributed by atoms with van der Waals surface area (Å²) in [5, 5.41) is 5.87. The van der Waals surface area contributed by atoms with Crippen molar-refractivity contribution in [2.45, 2.75) is 18.9 Å². The topological polar surface area (TPSA) is 87.2 Å². The molecule has 2 N–H and O–H groups in total. The van der Waals surface area contributed by atoms with E-state index in [0.29, 0.717) is 12.5 Å². The average Bonchev–Trinajstić information content (AvgIpc) is 2.69. The van der Waals surface area contributed by atoms with Gasteiger partial charge in [-0.15, -0.1) is 11.8 Å². The summed E-state index contributed by atoms with van der Waals surface area (Å²) in [6.07, 6.45) is 5.36. The largest absolute Gasteiger partial charge is 0.351 e. The molecule has 0 spiro atoms. The Balaban J connectivity index is 1.37. The van der Waals surface area contributed by atoms with E-state index in [9.17, 15) is 9.59 Å². The molecule has 2 aromatic rings. The molecule has 148 valence electrons. The summed E-state index contributed by atoms with van der Waals surface area (Å²) < 4.78 is 0.903. The Bertz CT molecular complexity index is 808. The van der Waals surface area contributed by atoms with E-state index < -0.39 is 0 Å². The SMILES string of the molecule is O=C(CSCC(=O)NC1CCCN(c2ncccn2)C1)Nc1cccc(Br)c1. The number of carbonyl (C=O) groups is 2. The number of anilines is 2. The second kappa shape index (κ2) is 10.4. The number of nitrogens with one attached hydrogen (secondary N) is 2.